The lowest BCUT2D eigenvalue weighted by molar-refractivity contribution is 0.0914. The highest BCUT2D eigenvalue weighted by Crippen LogP contribution is 2.24. The van der Waals surface area contributed by atoms with Crippen molar-refractivity contribution >= 4 is 130 Å². The number of hydrogen-bond acceptors (Lipinski definition) is 14. The Morgan fingerprint density at radius 3 is 1.42 bits per heavy atom. The number of carbonyl (C=O) groups is 5. The van der Waals surface area contributed by atoms with Crippen molar-refractivity contribution in [3.8, 4) is 0 Å². The molecule has 8 N–H and O–H groups in total. The zero-order valence-corrected chi connectivity index (χ0v) is 48.2. The van der Waals surface area contributed by atoms with E-state index in [1.54, 1.807) is 59.5 Å². The average Bonchev–Trinajstić information content (AvgIpc) is 3.93. The van der Waals surface area contributed by atoms with Crippen molar-refractivity contribution < 1.29 is 38.6 Å². The molecular weight excluding hydrogens is 1170 g/mol. The zero-order chi connectivity index (χ0) is 55.4. The summed E-state index contributed by atoms with van der Waals surface area (Å²) in [4.78, 5) is 62.2. The lowest BCUT2D eigenvalue weighted by atomic mass is 10.2. The number of ether oxygens (including phenoxy) is 2. The monoisotopic (exact) mass is 1230 g/mol. The molecule has 2 saturated heterocycles. The molecule has 7 aromatic rings. The van der Waals surface area contributed by atoms with Crippen molar-refractivity contribution in [3.63, 3.8) is 0 Å². The van der Waals surface area contributed by atoms with Crippen molar-refractivity contribution in [1.82, 2.24) is 31.5 Å². The lowest BCUT2D eigenvalue weighted by Gasteiger charge is -2.12. The molecule has 419 valence electrons. The Balaban J connectivity index is 0.000000269. The fraction of sp³-hybridized carbons (Fsp3) is 0.255. The van der Waals surface area contributed by atoms with Crippen LogP contribution in [0.25, 0.3) is 0 Å². The number of amides is 5. The number of carbonyl (C=O) groups excluding carboxylic acids is 5. The van der Waals surface area contributed by atoms with E-state index >= 15 is 0 Å². The highest BCUT2D eigenvalue weighted by Gasteiger charge is 2.31. The highest BCUT2D eigenvalue weighted by atomic mass is 35.5. The van der Waals surface area contributed by atoms with Crippen LogP contribution in [0.5, 0.6) is 0 Å². The third-order valence-corrected chi connectivity index (χ3v) is 15.2. The Hall–Kier alpha value is -5.59. The van der Waals surface area contributed by atoms with Crippen LogP contribution >= 0.6 is 91.8 Å². The van der Waals surface area contributed by atoms with Gasteiger partial charge in [-0.2, -0.15) is 0 Å². The van der Waals surface area contributed by atoms with Gasteiger partial charge in [0.25, 0.3) is 23.6 Å². The van der Waals surface area contributed by atoms with E-state index in [1.807, 2.05) is 91.0 Å². The summed E-state index contributed by atoms with van der Waals surface area (Å²) in [5.74, 6) is -0.604. The molecule has 3 unspecified atom stereocenters. The maximum absolute atomic E-state index is 12.0. The Bertz CT molecular complexity index is 2910. The van der Waals surface area contributed by atoms with Gasteiger partial charge in [0.1, 0.15) is 6.10 Å². The smallest absolute Gasteiger partial charge is 0.410 e. The first-order valence-corrected chi connectivity index (χ1v) is 28.5. The first-order valence-electron chi connectivity index (χ1n) is 23.7. The van der Waals surface area contributed by atoms with Crippen LogP contribution in [-0.2, 0) is 29.1 Å². The van der Waals surface area contributed by atoms with Crippen LogP contribution in [0.15, 0.2) is 152 Å². The van der Waals surface area contributed by atoms with Crippen molar-refractivity contribution in [2.45, 2.75) is 45.4 Å². The van der Waals surface area contributed by atoms with E-state index in [-0.39, 0.29) is 70.9 Å². The minimum Gasteiger partial charge on any atom is -0.442 e. The summed E-state index contributed by atoms with van der Waals surface area (Å²) < 4.78 is 12.6. The summed E-state index contributed by atoms with van der Waals surface area (Å²) >= 11 is 27.9. The number of rotatable bonds is 19. The molecule has 4 aromatic heterocycles. The number of epoxide rings is 1. The molecule has 2 fully saturated rings. The predicted octanol–water partition coefficient (Wildman–Crippen LogP) is 10.7. The van der Waals surface area contributed by atoms with Gasteiger partial charge in [0.05, 0.1) is 68.8 Å². The van der Waals surface area contributed by atoms with Gasteiger partial charge in [-0.25, -0.2) is 4.79 Å². The molecule has 79 heavy (non-hydrogen) atoms. The maximum atomic E-state index is 12.0. The SMILES string of the molecule is C.C=CCNC(=O)c1ccc(Cl)s1.NCc1ccccc1.O=C(NCC(O)CNCc1ccccc1)c1ccc(Cl)s1.O=C(NCC1CN(Cc2ccccc2)C(=O)O1)c1ccc(Cl)s1.O=C(NCC1CO1)c1ccc(Cl)s1.[B]. The summed E-state index contributed by atoms with van der Waals surface area (Å²) in [7, 11) is 0. The molecule has 0 bridgehead atoms. The number of benzene rings is 3. The Morgan fingerprint density at radius 1 is 0.620 bits per heavy atom. The normalized spacial score (nSPS) is 13.8. The molecule has 5 amide bonds. The van der Waals surface area contributed by atoms with E-state index in [0.717, 1.165) is 17.7 Å². The van der Waals surface area contributed by atoms with Crippen LogP contribution in [0.3, 0.4) is 0 Å². The topological polar surface area (TPSA) is 217 Å². The first kappa shape index (κ1) is 67.7. The van der Waals surface area contributed by atoms with Gasteiger partial charge >= 0.3 is 6.09 Å². The molecule has 2 aliphatic rings. The Labute approximate surface area is 499 Å². The van der Waals surface area contributed by atoms with Crippen molar-refractivity contribution in [1.29, 1.82) is 0 Å². The van der Waals surface area contributed by atoms with E-state index in [1.165, 1.54) is 50.9 Å². The van der Waals surface area contributed by atoms with Crippen molar-refractivity contribution in [2.24, 2.45) is 5.73 Å². The Morgan fingerprint density at radius 2 is 1.03 bits per heavy atom. The number of nitrogens with one attached hydrogen (secondary N) is 5. The van der Waals surface area contributed by atoms with Crippen LogP contribution < -0.4 is 32.3 Å². The zero-order valence-electron chi connectivity index (χ0n) is 41.9. The summed E-state index contributed by atoms with van der Waals surface area (Å²) in [6.07, 6.45) is 0.526. The van der Waals surface area contributed by atoms with Gasteiger partial charge < -0.3 is 51.8 Å². The second-order valence-electron chi connectivity index (χ2n) is 16.3. The third kappa shape index (κ3) is 26.5. The number of thiophene rings is 4. The quantitative estimate of drug-likeness (QED) is 0.0231. The third-order valence-electron chi connectivity index (χ3n) is 10.3. The fourth-order valence-corrected chi connectivity index (χ4v) is 10.2. The van der Waals surface area contributed by atoms with E-state index < -0.39 is 6.10 Å². The molecule has 15 nitrogen and oxygen atoms in total. The average molecular weight is 1230 g/mol. The molecule has 24 heteroatoms. The van der Waals surface area contributed by atoms with E-state index in [0.29, 0.717) is 82.7 Å². The standard InChI is InChI=1S/C16H15ClN2O3S.C15H17ClN2O2S.C8H8ClNO2S.C8H8ClNOS.C7H9N.CH4.B/c17-14-7-6-13(23-14)15(20)18-8-12-10-19(16(21)22-12)9-11-4-2-1-3-5-11;16-14-7-6-13(21-14)15(20)18-10-12(19)9-17-8-11-4-2-1-3-5-11;9-7-2-1-6(13-7)8(11)10-3-5-4-12-5;1-2-5-10-8(11)6-3-4-7(9)12-6;8-6-7-4-2-1-3-5-7;;/h1-7,12H,8-10H2,(H,18,20);1-7,12,17,19H,8-10H2,(H,18,20);1-2,5H,3-4H2,(H,10,11);2-4H,1,5H2,(H,10,11);1-5H,6,8H2;1H4;. The van der Waals surface area contributed by atoms with Gasteiger partial charge in [0, 0.05) is 54.2 Å². The number of nitrogens with zero attached hydrogens (tertiary/aromatic N) is 1. The second-order valence-corrected chi connectivity index (χ2v) is 23.2. The molecule has 6 heterocycles. The maximum Gasteiger partial charge on any atom is 0.410 e. The number of aliphatic hydroxyl groups is 1. The fourth-order valence-electron chi connectivity index (χ4n) is 6.35. The van der Waals surface area contributed by atoms with Gasteiger partial charge in [-0.3, -0.25) is 19.2 Å². The lowest BCUT2D eigenvalue weighted by Crippen LogP contribution is -2.37. The number of hydrogen-bond donors (Lipinski definition) is 7. The van der Waals surface area contributed by atoms with Gasteiger partial charge in [-0.15, -0.1) is 51.9 Å². The van der Waals surface area contributed by atoms with E-state index in [2.05, 4.69) is 33.2 Å². The van der Waals surface area contributed by atoms with Gasteiger partial charge in [-0.05, 0) is 65.2 Å². The highest BCUT2D eigenvalue weighted by molar-refractivity contribution is 7.19. The van der Waals surface area contributed by atoms with Crippen LogP contribution in [-0.4, -0.2) is 112 Å². The molecule has 2 aliphatic heterocycles. The Kier molecular flexibility index (Phi) is 32.0. The predicted molar refractivity (Wildman–Crippen MR) is 325 cm³/mol. The molecule has 0 aliphatic carbocycles. The second kappa shape index (κ2) is 37.4. The molecule has 3 aromatic carbocycles. The first-order chi connectivity index (χ1) is 37.2. The van der Waals surface area contributed by atoms with Crippen LogP contribution in [0, 0.1) is 0 Å². The summed E-state index contributed by atoms with van der Waals surface area (Å²) in [6.45, 7) is 8.52. The molecule has 3 radical (unpaired) electrons. The molecule has 0 spiro atoms. The number of nitrogens with two attached hydrogens (primary N) is 1. The van der Waals surface area contributed by atoms with Gasteiger partial charge in [0.2, 0.25) is 0 Å². The number of halogens is 4. The molecular formula is C55H61BCl4N7O8S4. The van der Waals surface area contributed by atoms with E-state index in [9.17, 15) is 29.1 Å². The summed E-state index contributed by atoms with van der Waals surface area (Å²) in [6, 6.07) is 43.2. The van der Waals surface area contributed by atoms with Crippen molar-refractivity contribution in [3.05, 3.63) is 206 Å². The minimum atomic E-state index is -0.631. The van der Waals surface area contributed by atoms with E-state index in [4.69, 9.17) is 61.6 Å². The summed E-state index contributed by atoms with van der Waals surface area (Å²) in [5.41, 5.74) is 8.74. The van der Waals surface area contributed by atoms with Crippen molar-refractivity contribution in [2.75, 3.05) is 45.9 Å². The van der Waals surface area contributed by atoms with Crippen LogP contribution in [0.2, 0.25) is 17.3 Å². The summed E-state index contributed by atoms with van der Waals surface area (Å²) in [5, 5.41) is 23.8. The largest absolute Gasteiger partial charge is 0.442 e. The molecule has 0 saturated carbocycles. The molecule has 9 rings (SSSR count). The number of cyclic esters (lactones) is 1. The van der Waals surface area contributed by atoms with Crippen LogP contribution in [0.1, 0.15) is 62.8 Å². The van der Waals surface area contributed by atoms with Gasteiger partial charge in [0.15, 0.2) is 0 Å². The number of aliphatic hydroxyl groups excluding tert-OH is 1. The molecule has 3 atom stereocenters. The van der Waals surface area contributed by atoms with Crippen LogP contribution in [0.4, 0.5) is 4.79 Å². The minimum absolute atomic E-state index is 0. The van der Waals surface area contributed by atoms with Gasteiger partial charge in [-0.1, -0.05) is 151 Å².